The maximum atomic E-state index is 12.6. The van der Waals surface area contributed by atoms with Crippen LogP contribution in [0.15, 0.2) is 30.5 Å². The maximum Gasteiger partial charge on any atom is 0.150 e. The van der Waals surface area contributed by atoms with Crippen LogP contribution in [0, 0.1) is 5.92 Å². The van der Waals surface area contributed by atoms with Crippen molar-refractivity contribution < 1.29 is 9.59 Å². The van der Waals surface area contributed by atoms with Gasteiger partial charge in [0.2, 0.25) is 0 Å². The monoisotopic (exact) mass is 414 g/mol. The lowest BCUT2D eigenvalue weighted by atomic mass is 9.88. The van der Waals surface area contributed by atoms with Crippen molar-refractivity contribution in [2.75, 3.05) is 0 Å². The highest BCUT2D eigenvalue weighted by Gasteiger charge is 2.23. The molecule has 0 aliphatic heterocycles. The van der Waals surface area contributed by atoms with Gasteiger partial charge in [0.05, 0.1) is 6.04 Å². The number of carbonyl (C=O) groups excluding carboxylic acids is 2. The van der Waals surface area contributed by atoms with Crippen LogP contribution in [0.3, 0.4) is 0 Å². The minimum atomic E-state index is -0.560. The van der Waals surface area contributed by atoms with E-state index in [1.807, 2.05) is 51.2 Å². The molecular weight excluding hydrogens is 372 g/mol. The molecule has 0 fully saturated rings. The molecule has 1 heterocycles. The second-order valence-electron chi connectivity index (χ2n) is 7.93. The van der Waals surface area contributed by atoms with E-state index in [0.29, 0.717) is 19.3 Å². The molecule has 0 saturated carbocycles. The smallest absolute Gasteiger partial charge is 0.150 e. The van der Waals surface area contributed by atoms with Crippen molar-refractivity contribution in [3.05, 3.63) is 36.0 Å². The van der Waals surface area contributed by atoms with E-state index in [-0.39, 0.29) is 23.9 Å². The second kappa shape index (κ2) is 15.0. The number of unbranched alkanes of at least 4 members (excludes halogenated alkanes) is 5. The molecule has 0 saturated heterocycles. The first kappa shape index (κ1) is 26.1. The van der Waals surface area contributed by atoms with Crippen molar-refractivity contribution in [2.45, 2.75) is 97.9 Å². The van der Waals surface area contributed by atoms with Crippen LogP contribution < -0.4 is 5.73 Å². The number of carbonyl (C=O) groups is 2. The third-order valence-electron chi connectivity index (χ3n) is 5.70. The van der Waals surface area contributed by atoms with Gasteiger partial charge in [-0.05, 0) is 30.9 Å². The van der Waals surface area contributed by atoms with Gasteiger partial charge in [-0.15, -0.1) is 0 Å². The van der Waals surface area contributed by atoms with Crippen molar-refractivity contribution >= 4 is 22.5 Å². The highest BCUT2D eigenvalue weighted by molar-refractivity contribution is 5.91. The Bertz CT molecular complexity index is 750. The highest BCUT2D eigenvalue weighted by Crippen LogP contribution is 2.21. The fourth-order valence-corrected chi connectivity index (χ4v) is 3.82. The number of nitrogens with two attached hydrogens (primary N) is 1. The first-order valence-electron chi connectivity index (χ1n) is 11.9. The lowest BCUT2D eigenvalue weighted by Crippen LogP contribution is -2.35. The SMILES string of the molecule is CC.CCCCCCCCC(=O)C(CC)CC(=O)C(N)Cc1c[nH]c2ccccc12. The molecule has 0 amide bonds. The van der Waals surface area contributed by atoms with Crippen molar-refractivity contribution in [3.63, 3.8) is 0 Å². The molecule has 0 aliphatic carbocycles. The number of H-pyrrole nitrogens is 1. The number of Topliss-reactive ketones (excluding diaryl/α,β-unsaturated/α-hetero) is 2. The van der Waals surface area contributed by atoms with Gasteiger partial charge < -0.3 is 10.7 Å². The van der Waals surface area contributed by atoms with Crippen LogP contribution in [0.4, 0.5) is 0 Å². The highest BCUT2D eigenvalue weighted by atomic mass is 16.1. The third-order valence-corrected chi connectivity index (χ3v) is 5.70. The standard InChI is InChI=1S/C24H36N2O2.C2H6/c1-3-5-6-7-8-9-14-23(27)18(4-2)16-24(28)21(25)15-19-17-26-22-13-11-10-12-20(19)22;1-2/h10-13,17-18,21,26H,3-9,14-16,25H2,1-2H3;1-2H3. The summed E-state index contributed by atoms with van der Waals surface area (Å²) >= 11 is 0. The Hall–Kier alpha value is -1.94. The summed E-state index contributed by atoms with van der Waals surface area (Å²) in [5, 5.41) is 1.11. The number of para-hydroxylation sites is 1. The van der Waals surface area contributed by atoms with Crippen LogP contribution in [0.1, 0.15) is 91.0 Å². The quantitative estimate of drug-likeness (QED) is 0.353. The number of ketones is 2. The predicted molar refractivity (Wildman–Crippen MR) is 128 cm³/mol. The molecule has 2 unspecified atom stereocenters. The van der Waals surface area contributed by atoms with Crippen LogP contribution in [0.25, 0.3) is 10.9 Å². The lowest BCUT2D eigenvalue weighted by Gasteiger charge is -2.16. The molecule has 0 radical (unpaired) electrons. The van der Waals surface area contributed by atoms with Crippen LogP contribution in [-0.4, -0.2) is 22.6 Å². The molecule has 2 aromatic rings. The van der Waals surface area contributed by atoms with Gasteiger partial charge in [0.1, 0.15) is 5.78 Å². The molecule has 3 N–H and O–H groups in total. The average Bonchev–Trinajstić information content (AvgIpc) is 3.18. The molecule has 4 heteroatoms. The van der Waals surface area contributed by atoms with Crippen LogP contribution in [0.2, 0.25) is 0 Å². The number of aromatic amines is 1. The molecule has 0 bridgehead atoms. The number of hydrogen-bond acceptors (Lipinski definition) is 3. The van der Waals surface area contributed by atoms with Crippen LogP contribution >= 0.6 is 0 Å². The van der Waals surface area contributed by atoms with Crippen LogP contribution in [-0.2, 0) is 16.0 Å². The summed E-state index contributed by atoms with van der Waals surface area (Å²) in [6.07, 6.45) is 11.0. The summed E-state index contributed by atoms with van der Waals surface area (Å²) in [4.78, 5) is 28.4. The predicted octanol–water partition coefficient (Wildman–Crippen LogP) is 6.37. The molecule has 168 valence electrons. The average molecular weight is 415 g/mol. The van der Waals surface area contributed by atoms with Crippen molar-refractivity contribution in [3.8, 4) is 0 Å². The third kappa shape index (κ3) is 8.43. The van der Waals surface area contributed by atoms with Gasteiger partial charge in [-0.2, -0.15) is 0 Å². The van der Waals surface area contributed by atoms with Crippen molar-refractivity contribution in [1.29, 1.82) is 0 Å². The zero-order chi connectivity index (χ0) is 22.4. The Morgan fingerprint density at radius 1 is 0.967 bits per heavy atom. The molecule has 2 atom stereocenters. The molecule has 2 rings (SSSR count). The topological polar surface area (TPSA) is 75.9 Å². The van der Waals surface area contributed by atoms with E-state index in [2.05, 4.69) is 11.9 Å². The number of aromatic nitrogens is 1. The van der Waals surface area contributed by atoms with Crippen LogP contribution in [0.5, 0.6) is 0 Å². The molecule has 1 aromatic carbocycles. The minimum absolute atomic E-state index is 0.00609. The first-order valence-corrected chi connectivity index (χ1v) is 11.9. The summed E-state index contributed by atoms with van der Waals surface area (Å²) in [5.74, 6) is 0.0382. The Morgan fingerprint density at radius 3 is 2.33 bits per heavy atom. The van der Waals surface area contributed by atoms with Gasteiger partial charge in [0.25, 0.3) is 0 Å². The molecule has 4 nitrogen and oxygen atoms in total. The van der Waals surface area contributed by atoms with Gasteiger partial charge >= 0.3 is 0 Å². The number of fused-ring (bicyclic) bond motifs is 1. The van der Waals surface area contributed by atoms with E-state index in [1.54, 1.807) is 0 Å². The summed E-state index contributed by atoms with van der Waals surface area (Å²) in [6.45, 7) is 8.19. The van der Waals surface area contributed by atoms with Crippen molar-refractivity contribution in [2.24, 2.45) is 11.7 Å². The molecule has 1 aromatic heterocycles. The van der Waals surface area contributed by atoms with E-state index < -0.39 is 6.04 Å². The minimum Gasteiger partial charge on any atom is -0.361 e. The van der Waals surface area contributed by atoms with Crippen molar-refractivity contribution in [1.82, 2.24) is 4.98 Å². The van der Waals surface area contributed by atoms with Gasteiger partial charge in [0, 0.05) is 35.9 Å². The lowest BCUT2D eigenvalue weighted by molar-refractivity contribution is -0.128. The fraction of sp³-hybridized carbons (Fsp3) is 0.615. The molecule has 0 aliphatic rings. The Labute approximate surface area is 183 Å². The first-order chi connectivity index (χ1) is 14.6. The Balaban J connectivity index is 0.00000218. The summed E-state index contributed by atoms with van der Waals surface area (Å²) in [5.41, 5.74) is 8.31. The number of benzene rings is 1. The van der Waals surface area contributed by atoms with Gasteiger partial charge in [-0.25, -0.2) is 0 Å². The van der Waals surface area contributed by atoms with E-state index in [4.69, 9.17) is 5.73 Å². The number of rotatable bonds is 14. The largest absolute Gasteiger partial charge is 0.361 e. The van der Waals surface area contributed by atoms with Gasteiger partial charge in [-0.3, -0.25) is 9.59 Å². The zero-order valence-corrected chi connectivity index (χ0v) is 19.5. The molecular formula is C26H42N2O2. The number of hydrogen-bond donors (Lipinski definition) is 2. The summed E-state index contributed by atoms with van der Waals surface area (Å²) < 4.78 is 0. The molecule has 30 heavy (non-hydrogen) atoms. The Kier molecular flexibility index (Phi) is 13.0. The summed E-state index contributed by atoms with van der Waals surface area (Å²) in [6, 6.07) is 7.46. The maximum absolute atomic E-state index is 12.6. The van der Waals surface area contributed by atoms with E-state index in [9.17, 15) is 9.59 Å². The fourth-order valence-electron chi connectivity index (χ4n) is 3.82. The Morgan fingerprint density at radius 2 is 1.63 bits per heavy atom. The van der Waals surface area contributed by atoms with Gasteiger partial charge in [-0.1, -0.05) is 78.0 Å². The normalized spacial score (nSPS) is 12.8. The molecule has 0 spiro atoms. The van der Waals surface area contributed by atoms with E-state index in [1.165, 1.54) is 25.7 Å². The summed E-state index contributed by atoms with van der Waals surface area (Å²) in [7, 11) is 0. The van der Waals surface area contributed by atoms with E-state index >= 15 is 0 Å². The van der Waals surface area contributed by atoms with E-state index in [0.717, 1.165) is 29.3 Å². The second-order valence-corrected chi connectivity index (χ2v) is 7.93. The zero-order valence-electron chi connectivity index (χ0n) is 19.5. The number of nitrogens with one attached hydrogen (secondary N) is 1. The van der Waals surface area contributed by atoms with Gasteiger partial charge in [0.15, 0.2) is 5.78 Å².